The molecule has 0 saturated heterocycles. The smallest absolute Gasteiger partial charge is 0.0191 e. The number of rotatable bonds is 1. The van der Waals surface area contributed by atoms with Crippen LogP contribution in [0.3, 0.4) is 0 Å². The second-order valence-electron chi connectivity index (χ2n) is 7.16. The van der Waals surface area contributed by atoms with Gasteiger partial charge in [-0.2, -0.15) is 0 Å². The molecule has 4 aliphatic rings. The minimum atomic E-state index is 0.517. The standard InChI is InChI=1S/C13H23N/c1-11-4-10-5-12(2,7-11)9-13(6-10,8-11)14-3/h10,14H,4-9H2,1-3H3/t10?,11-,12+,13?. The van der Waals surface area contributed by atoms with Crippen LogP contribution in [0.4, 0.5) is 0 Å². The van der Waals surface area contributed by atoms with Gasteiger partial charge in [-0.05, 0) is 62.3 Å². The van der Waals surface area contributed by atoms with Gasteiger partial charge in [0.1, 0.15) is 0 Å². The Morgan fingerprint density at radius 1 is 0.929 bits per heavy atom. The van der Waals surface area contributed by atoms with Gasteiger partial charge in [0.25, 0.3) is 0 Å². The molecule has 2 unspecified atom stereocenters. The predicted molar refractivity (Wildman–Crippen MR) is 59.2 cm³/mol. The Morgan fingerprint density at radius 2 is 1.50 bits per heavy atom. The normalized spacial score (nSPS) is 60.6. The van der Waals surface area contributed by atoms with Crippen molar-refractivity contribution in [2.45, 2.75) is 57.9 Å². The lowest BCUT2D eigenvalue weighted by Gasteiger charge is -2.65. The molecule has 4 bridgehead atoms. The van der Waals surface area contributed by atoms with Gasteiger partial charge >= 0.3 is 0 Å². The van der Waals surface area contributed by atoms with Gasteiger partial charge in [0.15, 0.2) is 0 Å². The second-order valence-corrected chi connectivity index (χ2v) is 7.16. The molecule has 0 aromatic carbocycles. The minimum absolute atomic E-state index is 0.517. The fourth-order valence-corrected chi connectivity index (χ4v) is 5.73. The Labute approximate surface area is 87.7 Å². The van der Waals surface area contributed by atoms with E-state index in [9.17, 15) is 0 Å². The van der Waals surface area contributed by atoms with Crippen LogP contribution in [0.25, 0.3) is 0 Å². The Bertz CT molecular complexity index is 252. The topological polar surface area (TPSA) is 12.0 Å². The summed E-state index contributed by atoms with van der Waals surface area (Å²) in [7, 11) is 2.18. The summed E-state index contributed by atoms with van der Waals surface area (Å²) < 4.78 is 0. The maximum absolute atomic E-state index is 3.66. The molecule has 4 saturated carbocycles. The quantitative estimate of drug-likeness (QED) is 0.675. The van der Waals surface area contributed by atoms with Crippen molar-refractivity contribution >= 4 is 0 Å². The van der Waals surface area contributed by atoms with Crippen LogP contribution in [0, 0.1) is 16.7 Å². The Kier molecular flexibility index (Phi) is 1.56. The van der Waals surface area contributed by atoms with Crippen molar-refractivity contribution in [3.63, 3.8) is 0 Å². The lowest BCUT2D eigenvalue weighted by atomic mass is 9.43. The highest BCUT2D eigenvalue weighted by molar-refractivity contribution is 5.13. The van der Waals surface area contributed by atoms with Crippen molar-refractivity contribution < 1.29 is 0 Å². The van der Waals surface area contributed by atoms with E-state index in [1.165, 1.54) is 38.5 Å². The van der Waals surface area contributed by atoms with Gasteiger partial charge in [0, 0.05) is 5.54 Å². The molecule has 0 amide bonds. The number of hydrogen-bond acceptors (Lipinski definition) is 1. The third-order valence-corrected chi connectivity index (χ3v) is 5.16. The summed E-state index contributed by atoms with van der Waals surface area (Å²) in [6.45, 7) is 5.06. The summed E-state index contributed by atoms with van der Waals surface area (Å²) in [6, 6.07) is 0. The summed E-state index contributed by atoms with van der Waals surface area (Å²) in [5.41, 5.74) is 1.84. The highest BCUT2D eigenvalue weighted by atomic mass is 15.0. The largest absolute Gasteiger partial charge is 0.314 e. The SMILES string of the molecule is CNC12CC3C[C@@](C)(C1)C[C@](C)(C3)C2. The summed E-state index contributed by atoms with van der Waals surface area (Å²) >= 11 is 0. The molecular weight excluding hydrogens is 170 g/mol. The first-order valence-electron chi connectivity index (χ1n) is 6.16. The molecule has 4 rings (SSSR count). The maximum Gasteiger partial charge on any atom is 0.0191 e. The van der Waals surface area contributed by atoms with E-state index in [0.717, 1.165) is 5.92 Å². The van der Waals surface area contributed by atoms with Gasteiger partial charge in [0.2, 0.25) is 0 Å². The van der Waals surface area contributed by atoms with E-state index in [-0.39, 0.29) is 0 Å². The van der Waals surface area contributed by atoms with Gasteiger partial charge in [-0.15, -0.1) is 0 Å². The molecule has 14 heavy (non-hydrogen) atoms. The highest BCUT2D eigenvalue weighted by Gasteiger charge is 2.59. The van der Waals surface area contributed by atoms with Crippen LogP contribution in [-0.4, -0.2) is 12.6 Å². The van der Waals surface area contributed by atoms with Gasteiger partial charge < -0.3 is 5.32 Å². The molecule has 0 aromatic rings. The maximum atomic E-state index is 3.66. The molecule has 4 fully saturated rings. The van der Waals surface area contributed by atoms with E-state index >= 15 is 0 Å². The van der Waals surface area contributed by atoms with Crippen molar-refractivity contribution in [3.05, 3.63) is 0 Å². The molecule has 0 spiro atoms. The molecule has 80 valence electrons. The molecule has 1 heteroatoms. The van der Waals surface area contributed by atoms with Crippen molar-refractivity contribution in [1.29, 1.82) is 0 Å². The van der Waals surface area contributed by atoms with E-state index < -0.39 is 0 Å². The third kappa shape index (κ3) is 1.11. The van der Waals surface area contributed by atoms with Crippen LogP contribution in [0.5, 0.6) is 0 Å². The van der Waals surface area contributed by atoms with Crippen molar-refractivity contribution in [2.24, 2.45) is 16.7 Å². The third-order valence-electron chi connectivity index (χ3n) is 5.16. The highest BCUT2D eigenvalue weighted by Crippen LogP contribution is 2.66. The molecule has 1 N–H and O–H groups in total. The van der Waals surface area contributed by atoms with Crippen molar-refractivity contribution in [1.82, 2.24) is 5.32 Å². The average molecular weight is 193 g/mol. The lowest BCUT2D eigenvalue weighted by Crippen LogP contribution is -2.63. The van der Waals surface area contributed by atoms with E-state index in [0.29, 0.717) is 16.4 Å². The van der Waals surface area contributed by atoms with Crippen molar-refractivity contribution in [3.8, 4) is 0 Å². The lowest BCUT2D eigenvalue weighted by molar-refractivity contribution is -0.115. The van der Waals surface area contributed by atoms with Crippen LogP contribution >= 0.6 is 0 Å². The predicted octanol–water partition coefficient (Wildman–Crippen LogP) is 2.95. The fourth-order valence-electron chi connectivity index (χ4n) is 5.73. The van der Waals surface area contributed by atoms with Crippen LogP contribution in [0.2, 0.25) is 0 Å². The van der Waals surface area contributed by atoms with E-state index in [4.69, 9.17) is 0 Å². The molecule has 0 aromatic heterocycles. The van der Waals surface area contributed by atoms with E-state index in [2.05, 4.69) is 26.2 Å². The first kappa shape index (κ1) is 9.21. The van der Waals surface area contributed by atoms with Crippen LogP contribution < -0.4 is 5.32 Å². The zero-order valence-electron chi connectivity index (χ0n) is 9.82. The fraction of sp³-hybridized carbons (Fsp3) is 1.00. The van der Waals surface area contributed by atoms with Crippen LogP contribution in [0.15, 0.2) is 0 Å². The molecule has 4 aliphatic carbocycles. The molecular formula is C13H23N. The molecule has 0 aliphatic heterocycles. The van der Waals surface area contributed by atoms with Gasteiger partial charge in [-0.1, -0.05) is 13.8 Å². The number of nitrogens with one attached hydrogen (secondary N) is 1. The Balaban J connectivity index is 2.01. The molecule has 4 atom stereocenters. The van der Waals surface area contributed by atoms with Gasteiger partial charge in [-0.3, -0.25) is 0 Å². The first-order chi connectivity index (χ1) is 6.47. The van der Waals surface area contributed by atoms with Gasteiger partial charge in [-0.25, -0.2) is 0 Å². The van der Waals surface area contributed by atoms with Crippen LogP contribution in [0.1, 0.15) is 52.4 Å². The minimum Gasteiger partial charge on any atom is -0.314 e. The van der Waals surface area contributed by atoms with E-state index in [1.54, 1.807) is 0 Å². The Morgan fingerprint density at radius 3 is 1.93 bits per heavy atom. The summed E-state index contributed by atoms with van der Waals surface area (Å²) in [5.74, 6) is 1.02. The summed E-state index contributed by atoms with van der Waals surface area (Å²) in [6.07, 6.45) is 8.82. The zero-order chi connectivity index (χ0) is 10.0. The zero-order valence-corrected chi connectivity index (χ0v) is 9.82. The summed E-state index contributed by atoms with van der Waals surface area (Å²) in [5, 5.41) is 3.66. The van der Waals surface area contributed by atoms with Crippen molar-refractivity contribution in [2.75, 3.05) is 7.05 Å². The average Bonchev–Trinajstić information content (AvgIpc) is 1.97. The molecule has 0 radical (unpaired) electrons. The van der Waals surface area contributed by atoms with Gasteiger partial charge in [0.05, 0.1) is 0 Å². The number of hydrogen-bond donors (Lipinski definition) is 1. The molecule has 1 nitrogen and oxygen atoms in total. The van der Waals surface area contributed by atoms with E-state index in [1.807, 2.05) is 0 Å². The Hall–Kier alpha value is -0.0400. The monoisotopic (exact) mass is 193 g/mol. The summed E-state index contributed by atoms with van der Waals surface area (Å²) in [4.78, 5) is 0. The molecule has 0 heterocycles. The second kappa shape index (κ2) is 2.37. The van der Waals surface area contributed by atoms with Crippen LogP contribution in [-0.2, 0) is 0 Å². The first-order valence-corrected chi connectivity index (χ1v) is 6.16.